The van der Waals surface area contributed by atoms with E-state index in [2.05, 4.69) is 16.2 Å². The lowest BCUT2D eigenvalue weighted by Gasteiger charge is -2.10. The molecule has 0 N–H and O–H groups in total. The number of aryl methyl sites for hydroxylation is 1. The van der Waals surface area contributed by atoms with Crippen molar-refractivity contribution in [3.63, 3.8) is 0 Å². The largest absolute Gasteiger partial charge is 0.493 e. The molecule has 6 nitrogen and oxygen atoms in total. The summed E-state index contributed by atoms with van der Waals surface area (Å²) in [5.74, 6) is 1.87. The van der Waals surface area contributed by atoms with Crippen LogP contribution in [-0.4, -0.2) is 24.4 Å². The van der Waals surface area contributed by atoms with Crippen molar-refractivity contribution in [3.05, 3.63) is 23.0 Å². The molecule has 0 bridgehead atoms. The van der Waals surface area contributed by atoms with Crippen molar-refractivity contribution in [2.24, 2.45) is 0 Å². The van der Waals surface area contributed by atoms with Crippen molar-refractivity contribution < 1.29 is 14.0 Å². The molecule has 0 saturated carbocycles. The maximum Gasteiger partial charge on any atom is 0.226 e. The summed E-state index contributed by atoms with van der Waals surface area (Å²) in [5, 5.41) is 12.8. The van der Waals surface area contributed by atoms with Crippen molar-refractivity contribution in [2.75, 3.05) is 14.2 Å². The Labute approximate surface area is 127 Å². The zero-order valence-electron chi connectivity index (χ0n) is 11.7. The van der Waals surface area contributed by atoms with Crippen LogP contribution in [0.4, 0.5) is 0 Å². The van der Waals surface area contributed by atoms with Gasteiger partial charge in [-0.15, -0.1) is 0 Å². The van der Waals surface area contributed by atoms with Gasteiger partial charge in [0.05, 0.1) is 25.3 Å². The van der Waals surface area contributed by atoms with Gasteiger partial charge >= 0.3 is 0 Å². The molecule has 0 fully saturated rings. The van der Waals surface area contributed by atoms with Crippen LogP contribution in [0, 0.1) is 11.3 Å². The van der Waals surface area contributed by atoms with Gasteiger partial charge in [0, 0.05) is 18.4 Å². The number of nitrogens with zero attached hydrogens (tertiary/aromatic N) is 3. The summed E-state index contributed by atoms with van der Waals surface area (Å²) in [6.45, 7) is 0. The number of ether oxygens (including phenoxy) is 2. The molecule has 1 aromatic heterocycles. The number of hydrogen-bond acceptors (Lipinski definition) is 6. The molecule has 0 aliphatic rings. The Bertz CT molecular complexity index is 664. The van der Waals surface area contributed by atoms with Gasteiger partial charge in [-0.05, 0) is 18.6 Å². The summed E-state index contributed by atoms with van der Waals surface area (Å²) in [6.07, 6.45) is 1.71. The van der Waals surface area contributed by atoms with Crippen molar-refractivity contribution in [3.8, 4) is 29.0 Å². The summed E-state index contributed by atoms with van der Waals surface area (Å²) < 4.78 is 15.6. The van der Waals surface area contributed by atoms with Gasteiger partial charge in [0.25, 0.3) is 0 Å². The van der Waals surface area contributed by atoms with Gasteiger partial charge in [0.2, 0.25) is 11.7 Å². The second-order valence-corrected chi connectivity index (χ2v) is 4.62. The molecule has 0 saturated heterocycles. The first-order valence-corrected chi connectivity index (χ1v) is 6.68. The molecule has 0 aliphatic heterocycles. The molecular formula is C14H14ClN3O3. The predicted octanol–water partition coefficient (Wildman–Crippen LogP) is 3.25. The average molecular weight is 308 g/mol. The number of benzene rings is 1. The molecule has 1 aromatic carbocycles. The number of unbranched alkanes of at least 4 members (excludes halogenated alkanes) is 1. The highest BCUT2D eigenvalue weighted by Gasteiger charge is 2.15. The molecule has 21 heavy (non-hydrogen) atoms. The lowest BCUT2D eigenvalue weighted by atomic mass is 10.2. The van der Waals surface area contributed by atoms with E-state index in [0.29, 0.717) is 53.1 Å². The van der Waals surface area contributed by atoms with E-state index in [4.69, 9.17) is 30.9 Å². The Kier molecular flexibility index (Phi) is 5.01. The van der Waals surface area contributed by atoms with Crippen LogP contribution in [0.2, 0.25) is 5.02 Å². The van der Waals surface area contributed by atoms with E-state index in [1.807, 2.05) is 0 Å². The van der Waals surface area contributed by atoms with Gasteiger partial charge in [-0.3, -0.25) is 0 Å². The Hall–Kier alpha value is -2.26. The molecule has 0 amide bonds. The maximum atomic E-state index is 8.51. The monoisotopic (exact) mass is 307 g/mol. The average Bonchev–Trinajstić information content (AvgIpc) is 2.95. The second kappa shape index (κ2) is 6.95. The van der Waals surface area contributed by atoms with Crippen molar-refractivity contribution >= 4 is 11.6 Å². The molecule has 0 radical (unpaired) electrons. The molecule has 0 spiro atoms. The van der Waals surface area contributed by atoms with Gasteiger partial charge in [-0.1, -0.05) is 16.8 Å². The minimum Gasteiger partial charge on any atom is -0.493 e. The lowest BCUT2D eigenvalue weighted by molar-refractivity contribution is 0.355. The first kappa shape index (κ1) is 15.1. The van der Waals surface area contributed by atoms with Gasteiger partial charge in [-0.25, -0.2) is 0 Å². The van der Waals surface area contributed by atoms with E-state index >= 15 is 0 Å². The van der Waals surface area contributed by atoms with Crippen LogP contribution in [0.15, 0.2) is 16.7 Å². The molecule has 7 heteroatoms. The zero-order chi connectivity index (χ0) is 15.2. The molecule has 0 unspecified atom stereocenters. The zero-order valence-corrected chi connectivity index (χ0v) is 12.5. The van der Waals surface area contributed by atoms with Crippen molar-refractivity contribution in [1.29, 1.82) is 5.26 Å². The molecular weight excluding hydrogens is 294 g/mol. The normalized spacial score (nSPS) is 10.2. The third-order valence-electron chi connectivity index (χ3n) is 2.84. The number of methoxy groups -OCH3 is 2. The quantitative estimate of drug-likeness (QED) is 0.762. The van der Waals surface area contributed by atoms with E-state index in [1.54, 1.807) is 12.1 Å². The first-order valence-electron chi connectivity index (χ1n) is 6.31. The van der Waals surface area contributed by atoms with Crippen LogP contribution < -0.4 is 9.47 Å². The lowest BCUT2D eigenvalue weighted by Crippen LogP contribution is -1.93. The van der Waals surface area contributed by atoms with E-state index < -0.39 is 0 Å². The molecule has 0 atom stereocenters. The number of nitriles is 1. The summed E-state index contributed by atoms with van der Waals surface area (Å²) in [6, 6.07) is 5.49. The first-order chi connectivity index (χ1) is 10.2. The van der Waals surface area contributed by atoms with Crippen LogP contribution in [0.1, 0.15) is 18.7 Å². The number of hydrogen-bond donors (Lipinski definition) is 0. The summed E-state index contributed by atoms with van der Waals surface area (Å²) >= 11 is 6.15. The topological polar surface area (TPSA) is 81.2 Å². The van der Waals surface area contributed by atoms with Gasteiger partial charge in [0.1, 0.15) is 0 Å². The van der Waals surface area contributed by atoms with Crippen LogP contribution >= 0.6 is 11.6 Å². The summed E-state index contributed by atoms with van der Waals surface area (Å²) in [4.78, 5) is 4.28. The van der Waals surface area contributed by atoms with Crippen LogP contribution in [0.5, 0.6) is 11.5 Å². The van der Waals surface area contributed by atoms with Gasteiger partial charge < -0.3 is 14.0 Å². The standard InChI is InChI=1S/C14H14ClN3O3/c1-19-11-8-9(7-10(15)13(11)20-2)14-17-12(21-18-14)5-3-4-6-16/h7-8H,3-5H2,1-2H3. The minimum atomic E-state index is 0.405. The Morgan fingerprint density at radius 3 is 2.81 bits per heavy atom. The molecule has 2 rings (SSSR count). The highest BCUT2D eigenvalue weighted by atomic mass is 35.5. The fourth-order valence-corrected chi connectivity index (χ4v) is 2.13. The summed E-state index contributed by atoms with van der Waals surface area (Å²) in [7, 11) is 3.05. The van der Waals surface area contributed by atoms with Crippen LogP contribution in [-0.2, 0) is 6.42 Å². The van der Waals surface area contributed by atoms with E-state index in [1.165, 1.54) is 14.2 Å². The third-order valence-corrected chi connectivity index (χ3v) is 3.12. The smallest absolute Gasteiger partial charge is 0.226 e. The van der Waals surface area contributed by atoms with Crippen molar-refractivity contribution in [1.82, 2.24) is 10.1 Å². The van der Waals surface area contributed by atoms with Crippen molar-refractivity contribution in [2.45, 2.75) is 19.3 Å². The van der Waals surface area contributed by atoms with E-state index in [9.17, 15) is 0 Å². The fraction of sp³-hybridized carbons (Fsp3) is 0.357. The molecule has 0 aliphatic carbocycles. The molecule has 2 aromatic rings. The Morgan fingerprint density at radius 2 is 2.14 bits per heavy atom. The number of rotatable bonds is 6. The van der Waals surface area contributed by atoms with E-state index in [-0.39, 0.29) is 0 Å². The number of halogens is 1. The predicted molar refractivity (Wildman–Crippen MR) is 76.4 cm³/mol. The van der Waals surface area contributed by atoms with Crippen LogP contribution in [0.3, 0.4) is 0 Å². The third kappa shape index (κ3) is 3.44. The molecule has 110 valence electrons. The second-order valence-electron chi connectivity index (χ2n) is 4.22. The highest BCUT2D eigenvalue weighted by Crippen LogP contribution is 2.38. The van der Waals surface area contributed by atoms with E-state index in [0.717, 1.165) is 0 Å². The Balaban J connectivity index is 2.26. The fourth-order valence-electron chi connectivity index (χ4n) is 1.84. The van der Waals surface area contributed by atoms with Gasteiger partial charge in [0.15, 0.2) is 11.5 Å². The highest BCUT2D eigenvalue weighted by molar-refractivity contribution is 6.32. The SMILES string of the molecule is COc1cc(-c2noc(CCCC#N)n2)cc(Cl)c1OC. The maximum absolute atomic E-state index is 8.51. The van der Waals surface area contributed by atoms with Gasteiger partial charge in [-0.2, -0.15) is 10.2 Å². The van der Waals surface area contributed by atoms with Crippen LogP contribution in [0.25, 0.3) is 11.4 Å². The minimum absolute atomic E-state index is 0.405. The Morgan fingerprint density at radius 1 is 1.33 bits per heavy atom. The number of aromatic nitrogens is 2. The molecule has 1 heterocycles. The summed E-state index contributed by atoms with van der Waals surface area (Å²) in [5.41, 5.74) is 0.674.